The first-order valence-corrected chi connectivity index (χ1v) is 8.69. The molecule has 2 rings (SSSR count). The third kappa shape index (κ3) is 5.68. The van der Waals surface area contributed by atoms with Gasteiger partial charge in [-0.05, 0) is 25.0 Å². The van der Waals surface area contributed by atoms with Gasteiger partial charge >= 0.3 is 0 Å². The lowest BCUT2D eigenvalue weighted by molar-refractivity contribution is -0.129. The monoisotopic (exact) mass is 413 g/mol. The van der Waals surface area contributed by atoms with Crippen molar-refractivity contribution in [3.8, 4) is 0 Å². The normalized spacial score (nSPS) is 10.3. The number of rotatable bonds is 8. The minimum atomic E-state index is -0.573. The fraction of sp³-hybridized carbons (Fsp3) is 0.250. The molecule has 0 spiro atoms. The molecule has 1 aromatic carbocycles. The van der Waals surface area contributed by atoms with Gasteiger partial charge in [0.1, 0.15) is 5.69 Å². The van der Waals surface area contributed by atoms with E-state index in [1.807, 2.05) is 0 Å². The molecule has 0 aliphatic rings. The van der Waals surface area contributed by atoms with Crippen LogP contribution in [0, 0.1) is 0 Å². The summed E-state index contributed by atoms with van der Waals surface area (Å²) in [6.45, 7) is 0.306. The fourth-order valence-electron chi connectivity index (χ4n) is 2.21. The highest BCUT2D eigenvalue weighted by atomic mass is 35.5. The maximum atomic E-state index is 12.4. The van der Waals surface area contributed by atoms with Gasteiger partial charge in [-0.15, -0.1) is 0 Å². The molecule has 0 bridgehead atoms. The number of hydroxylamine groups is 1. The minimum Gasteiger partial charge on any atom is -0.351 e. The Balaban J connectivity index is 1.94. The Bertz CT molecular complexity index is 820. The number of nitrogens with zero attached hydrogens (tertiary/aromatic N) is 1. The molecule has 0 fully saturated rings. The second-order valence-electron chi connectivity index (χ2n) is 5.46. The molecule has 144 valence electrons. The third-order valence-electron chi connectivity index (χ3n) is 3.55. The van der Waals surface area contributed by atoms with E-state index in [9.17, 15) is 14.4 Å². The van der Waals surface area contributed by atoms with Gasteiger partial charge < -0.3 is 10.6 Å². The molecule has 5 N–H and O–H groups in total. The minimum absolute atomic E-state index is 0.0691. The fourth-order valence-corrected chi connectivity index (χ4v) is 2.78. The number of aromatic nitrogens is 2. The van der Waals surface area contributed by atoms with Crippen LogP contribution in [0.2, 0.25) is 10.0 Å². The lowest BCUT2D eigenvalue weighted by Gasteiger charge is -2.09. The molecule has 9 nitrogen and oxygen atoms in total. The molecule has 1 heterocycles. The second kappa shape index (κ2) is 9.91. The number of hydrogen-bond donors (Lipinski definition) is 5. The Kier molecular flexibility index (Phi) is 7.59. The highest BCUT2D eigenvalue weighted by molar-refractivity contribution is 6.40. The Morgan fingerprint density at radius 3 is 2.48 bits per heavy atom. The van der Waals surface area contributed by atoms with Gasteiger partial charge in [0.2, 0.25) is 5.91 Å². The van der Waals surface area contributed by atoms with Gasteiger partial charge in [0.05, 0.1) is 27.5 Å². The number of halogens is 2. The molecule has 1 aromatic heterocycles. The first-order valence-electron chi connectivity index (χ1n) is 7.94. The summed E-state index contributed by atoms with van der Waals surface area (Å²) < 4.78 is 0. The molecule has 0 saturated heterocycles. The van der Waals surface area contributed by atoms with E-state index in [0.717, 1.165) is 0 Å². The molecule has 11 heteroatoms. The van der Waals surface area contributed by atoms with Crippen molar-refractivity contribution in [1.82, 2.24) is 21.0 Å². The molecule has 2 aromatic rings. The number of carbonyl (C=O) groups is 3. The van der Waals surface area contributed by atoms with Crippen LogP contribution in [0.1, 0.15) is 40.1 Å². The van der Waals surface area contributed by atoms with Gasteiger partial charge in [0.25, 0.3) is 11.8 Å². The van der Waals surface area contributed by atoms with Gasteiger partial charge in [0.15, 0.2) is 0 Å². The lowest BCUT2D eigenvalue weighted by Crippen LogP contribution is -2.26. The summed E-state index contributed by atoms with van der Waals surface area (Å²) in [4.78, 5) is 35.5. The van der Waals surface area contributed by atoms with Crippen LogP contribution in [0.4, 0.5) is 5.69 Å². The van der Waals surface area contributed by atoms with Crippen LogP contribution >= 0.6 is 23.2 Å². The van der Waals surface area contributed by atoms with Gasteiger partial charge in [-0.1, -0.05) is 29.3 Å². The average molecular weight is 414 g/mol. The SMILES string of the molecule is O=C(CCCCNC(=O)c1[nH]ncc1NC(=O)c1c(Cl)cccc1Cl)NO. The lowest BCUT2D eigenvalue weighted by atomic mass is 10.2. The number of H-pyrrole nitrogens is 1. The number of nitrogens with one attached hydrogen (secondary N) is 4. The van der Waals surface area contributed by atoms with Crippen LogP contribution in [0.25, 0.3) is 0 Å². The average Bonchev–Trinajstić information content (AvgIpc) is 3.09. The van der Waals surface area contributed by atoms with Crippen molar-refractivity contribution in [3.05, 3.63) is 45.7 Å². The van der Waals surface area contributed by atoms with Crippen LogP contribution in [0.5, 0.6) is 0 Å². The highest BCUT2D eigenvalue weighted by Gasteiger charge is 2.19. The number of unbranched alkanes of at least 4 members (excludes halogenated alkanes) is 1. The largest absolute Gasteiger partial charge is 0.351 e. The summed E-state index contributed by atoms with van der Waals surface area (Å²) in [6, 6.07) is 4.67. The summed E-state index contributed by atoms with van der Waals surface area (Å²) in [5, 5.41) is 20.2. The number of amides is 3. The molecule has 0 aliphatic carbocycles. The van der Waals surface area contributed by atoms with Crippen LogP contribution in [0.15, 0.2) is 24.4 Å². The topological polar surface area (TPSA) is 136 Å². The van der Waals surface area contributed by atoms with Crippen LogP contribution in [-0.4, -0.2) is 39.7 Å². The van der Waals surface area contributed by atoms with E-state index in [1.54, 1.807) is 6.07 Å². The maximum Gasteiger partial charge on any atom is 0.271 e. The van der Waals surface area contributed by atoms with Crippen molar-refractivity contribution in [2.24, 2.45) is 0 Å². The molecule has 0 saturated carbocycles. The Morgan fingerprint density at radius 2 is 1.81 bits per heavy atom. The Morgan fingerprint density at radius 1 is 1.11 bits per heavy atom. The van der Waals surface area contributed by atoms with Crippen molar-refractivity contribution in [1.29, 1.82) is 0 Å². The first kappa shape index (κ1) is 20.7. The summed E-state index contributed by atoms with van der Waals surface area (Å²) in [7, 11) is 0. The first-order chi connectivity index (χ1) is 12.9. The highest BCUT2D eigenvalue weighted by Crippen LogP contribution is 2.25. The van der Waals surface area contributed by atoms with Gasteiger partial charge in [-0.3, -0.25) is 24.7 Å². The number of hydrogen-bond acceptors (Lipinski definition) is 5. The number of aromatic amines is 1. The van der Waals surface area contributed by atoms with Crippen molar-refractivity contribution < 1.29 is 19.6 Å². The zero-order chi connectivity index (χ0) is 19.8. The summed E-state index contributed by atoms with van der Waals surface area (Å²) in [5.74, 6) is -1.53. The molecule has 0 aliphatic heterocycles. The van der Waals surface area contributed by atoms with Gasteiger partial charge in [0, 0.05) is 13.0 Å². The Labute approximate surface area is 164 Å². The van der Waals surface area contributed by atoms with E-state index in [2.05, 4.69) is 20.8 Å². The second-order valence-corrected chi connectivity index (χ2v) is 6.27. The van der Waals surface area contributed by atoms with E-state index in [4.69, 9.17) is 28.4 Å². The van der Waals surface area contributed by atoms with Crippen molar-refractivity contribution in [2.45, 2.75) is 19.3 Å². The summed E-state index contributed by atoms with van der Waals surface area (Å²) >= 11 is 12.0. The number of carbonyl (C=O) groups excluding carboxylic acids is 3. The maximum absolute atomic E-state index is 12.4. The molecular formula is C16H17Cl2N5O4. The van der Waals surface area contributed by atoms with E-state index in [0.29, 0.717) is 19.4 Å². The smallest absolute Gasteiger partial charge is 0.271 e. The molecule has 0 unspecified atom stereocenters. The van der Waals surface area contributed by atoms with E-state index < -0.39 is 17.7 Å². The summed E-state index contributed by atoms with van der Waals surface area (Å²) in [6.07, 6.45) is 2.47. The molecule has 3 amide bonds. The standard InChI is InChI=1S/C16H17Cl2N5O4/c17-9-4-3-5-10(18)13(9)15(25)21-11-8-20-22-14(11)16(26)19-7-2-1-6-12(24)23-27/h3-5,8,27H,1-2,6-7H2,(H,19,26)(H,20,22)(H,21,25)(H,23,24). The quantitative estimate of drug-likeness (QED) is 0.257. The third-order valence-corrected chi connectivity index (χ3v) is 4.18. The Hall–Kier alpha value is -2.62. The number of benzene rings is 1. The van der Waals surface area contributed by atoms with Crippen LogP contribution in [-0.2, 0) is 4.79 Å². The van der Waals surface area contributed by atoms with Gasteiger partial charge in [-0.25, -0.2) is 5.48 Å². The van der Waals surface area contributed by atoms with Crippen molar-refractivity contribution >= 4 is 46.6 Å². The predicted molar refractivity (Wildman–Crippen MR) is 99.1 cm³/mol. The van der Waals surface area contributed by atoms with Crippen LogP contribution in [0.3, 0.4) is 0 Å². The van der Waals surface area contributed by atoms with E-state index in [1.165, 1.54) is 23.8 Å². The zero-order valence-corrected chi connectivity index (χ0v) is 15.5. The summed E-state index contributed by atoms with van der Waals surface area (Å²) in [5.41, 5.74) is 1.87. The van der Waals surface area contributed by atoms with Crippen molar-refractivity contribution in [3.63, 3.8) is 0 Å². The molecule has 27 heavy (non-hydrogen) atoms. The number of anilines is 1. The van der Waals surface area contributed by atoms with Crippen LogP contribution < -0.4 is 16.1 Å². The molecule has 0 radical (unpaired) electrons. The van der Waals surface area contributed by atoms with Crippen molar-refractivity contribution in [2.75, 3.05) is 11.9 Å². The predicted octanol–water partition coefficient (Wildman–Crippen LogP) is 2.37. The molecular weight excluding hydrogens is 397 g/mol. The van der Waals surface area contributed by atoms with E-state index >= 15 is 0 Å². The zero-order valence-electron chi connectivity index (χ0n) is 14.0. The molecule has 0 atom stereocenters. The van der Waals surface area contributed by atoms with E-state index in [-0.39, 0.29) is 33.4 Å². The van der Waals surface area contributed by atoms with Gasteiger partial charge in [-0.2, -0.15) is 5.10 Å².